The van der Waals surface area contributed by atoms with E-state index in [-0.39, 0.29) is 13.1 Å². The van der Waals surface area contributed by atoms with Crippen molar-refractivity contribution in [2.24, 2.45) is 0 Å². The Kier molecular flexibility index (Phi) is 8.50. The quantitative estimate of drug-likeness (QED) is 0.406. The van der Waals surface area contributed by atoms with E-state index < -0.39 is 17.7 Å². The van der Waals surface area contributed by atoms with E-state index in [4.69, 9.17) is 0 Å². The average Bonchev–Trinajstić information content (AvgIpc) is 2.79. The van der Waals surface area contributed by atoms with Gasteiger partial charge >= 0.3 is 12.1 Å². The minimum absolute atomic E-state index is 0.222. The zero-order chi connectivity index (χ0) is 24.6. The molecule has 3 nitrogen and oxygen atoms in total. The number of carboxylic acids is 1. The van der Waals surface area contributed by atoms with Crippen molar-refractivity contribution in [1.29, 1.82) is 0 Å². The van der Waals surface area contributed by atoms with Gasteiger partial charge in [0.15, 0.2) is 0 Å². The summed E-state index contributed by atoms with van der Waals surface area (Å²) >= 11 is 0. The SMILES string of the molecule is CCCc1ccc(C#Cc2ccc(CN(CC(=O)O)Cc3ccc(C(F)(F)F)cc3)cc2)cc1. The molecule has 3 rings (SSSR count). The van der Waals surface area contributed by atoms with E-state index in [0.29, 0.717) is 12.1 Å². The lowest BCUT2D eigenvalue weighted by Crippen LogP contribution is -2.29. The number of rotatable bonds is 8. The molecule has 0 heterocycles. The molecule has 0 spiro atoms. The molecular formula is C28H26F3NO2. The Hall–Kier alpha value is -3.56. The van der Waals surface area contributed by atoms with Gasteiger partial charge in [-0.25, -0.2) is 0 Å². The second kappa shape index (κ2) is 11.5. The molecular weight excluding hydrogens is 439 g/mol. The molecule has 0 saturated carbocycles. The first kappa shape index (κ1) is 25.1. The largest absolute Gasteiger partial charge is 0.480 e. The summed E-state index contributed by atoms with van der Waals surface area (Å²) in [6.45, 7) is 2.49. The van der Waals surface area contributed by atoms with Crippen LogP contribution in [0.5, 0.6) is 0 Å². The van der Waals surface area contributed by atoms with E-state index in [1.54, 1.807) is 4.90 Å². The number of carboxylic acid groups (broad SMARTS) is 1. The van der Waals surface area contributed by atoms with Crippen LogP contribution >= 0.6 is 0 Å². The molecule has 0 aliphatic heterocycles. The summed E-state index contributed by atoms with van der Waals surface area (Å²) in [6.07, 6.45) is -2.25. The minimum atomic E-state index is -4.40. The Morgan fingerprint density at radius 1 is 0.794 bits per heavy atom. The molecule has 0 amide bonds. The van der Waals surface area contributed by atoms with Crippen LogP contribution in [0.2, 0.25) is 0 Å². The fraction of sp³-hybridized carbons (Fsp3) is 0.250. The smallest absolute Gasteiger partial charge is 0.416 e. The number of benzene rings is 3. The number of nitrogens with zero attached hydrogens (tertiary/aromatic N) is 1. The fourth-order valence-electron chi connectivity index (χ4n) is 3.56. The van der Waals surface area contributed by atoms with Crippen molar-refractivity contribution in [3.8, 4) is 11.8 Å². The second-order valence-corrected chi connectivity index (χ2v) is 8.13. The van der Waals surface area contributed by atoms with Crippen molar-refractivity contribution in [3.63, 3.8) is 0 Å². The predicted octanol–water partition coefficient (Wildman–Crippen LogP) is 6.14. The molecule has 0 radical (unpaired) electrons. The minimum Gasteiger partial charge on any atom is -0.480 e. The van der Waals surface area contributed by atoms with Gasteiger partial charge in [0.2, 0.25) is 0 Å². The lowest BCUT2D eigenvalue weighted by atomic mass is 10.1. The molecule has 6 heteroatoms. The summed E-state index contributed by atoms with van der Waals surface area (Å²) < 4.78 is 38.3. The first-order valence-corrected chi connectivity index (χ1v) is 11.0. The summed E-state index contributed by atoms with van der Waals surface area (Å²) in [4.78, 5) is 13.0. The number of carbonyl (C=O) groups is 1. The summed E-state index contributed by atoms with van der Waals surface area (Å²) in [6, 6.07) is 20.5. The van der Waals surface area contributed by atoms with Crippen LogP contribution in [-0.4, -0.2) is 22.5 Å². The third-order valence-corrected chi connectivity index (χ3v) is 5.25. The zero-order valence-corrected chi connectivity index (χ0v) is 18.9. The van der Waals surface area contributed by atoms with Gasteiger partial charge in [-0.1, -0.05) is 61.6 Å². The van der Waals surface area contributed by atoms with E-state index >= 15 is 0 Å². The number of alkyl halides is 3. The first-order valence-electron chi connectivity index (χ1n) is 11.0. The Morgan fingerprint density at radius 2 is 1.24 bits per heavy atom. The van der Waals surface area contributed by atoms with Gasteiger partial charge in [0.1, 0.15) is 0 Å². The second-order valence-electron chi connectivity index (χ2n) is 8.13. The summed E-state index contributed by atoms with van der Waals surface area (Å²) in [5.41, 5.74) is 3.85. The van der Waals surface area contributed by atoms with Gasteiger partial charge in [-0.3, -0.25) is 9.69 Å². The van der Waals surface area contributed by atoms with Crippen molar-refractivity contribution >= 4 is 5.97 Å². The maximum atomic E-state index is 12.8. The fourth-order valence-corrected chi connectivity index (χ4v) is 3.56. The molecule has 0 aromatic heterocycles. The van der Waals surface area contributed by atoms with Crippen LogP contribution in [0.15, 0.2) is 72.8 Å². The zero-order valence-electron chi connectivity index (χ0n) is 18.9. The topological polar surface area (TPSA) is 40.5 Å². The van der Waals surface area contributed by atoms with E-state index in [1.165, 1.54) is 17.7 Å². The molecule has 0 aliphatic carbocycles. The van der Waals surface area contributed by atoms with Crippen molar-refractivity contribution in [1.82, 2.24) is 4.90 Å². The van der Waals surface area contributed by atoms with Crippen molar-refractivity contribution < 1.29 is 23.1 Å². The van der Waals surface area contributed by atoms with Crippen LogP contribution in [0.4, 0.5) is 13.2 Å². The van der Waals surface area contributed by atoms with E-state index in [9.17, 15) is 23.1 Å². The van der Waals surface area contributed by atoms with E-state index in [1.807, 2.05) is 36.4 Å². The molecule has 34 heavy (non-hydrogen) atoms. The van der Waals surface area contributed by atoms with Crippen molar-refractivity contribution in [3.05, 3.63) is 106 Å². The normalized spacial score (nSPS) is 11.2. The highest BCUT2D eigenvalue weighted by atomic mass is 19.4. The van der Waals surface area contributed by atoms with Gasteiger partial charge in [-0.05, 0) is 59.5 Å². The highest BCUT2D eigenvalue weighted by Crippen LogP contribution is 2.29. The van der Waals surface area contributed by atoms with Gasteiger partial charge in [-0.2, -0.15) is 13.2 Å². The lowest BCUT2D eigenvalue weighted by molar-refractivity contribution is -0.139. The third-order valence-electron chi connectivity index (χ3n) is 5.25. The predicted molar refractivity (Wildman–Crippen MR) is 126 cm³/mol. The third kappa shape index (κ3) is 7.79. The monoisotopic (exact) mass is 465 g/mol. The van der Waals surface area contributed by atoms with Crippen molar-refractivity contribution in [2.75, 3.05) is 6.54 Å². The molecule has 0 unspecified atom stereocenters. The number of hydrogen-bond donors (Lipinski definition) is 1. The highest BCUT2D eigenvalue weighted by Gasteiger charge is 2.30. The van der Waals surface area contributed by atoms with Crippen molar-refractivity contribution in [2.45, 2.75) is 39.0 Å². The molecule has 3 aromatic rings. The van der Waals surface area contributed by atoms with E-state index in [0.717, 1.165) is 41.7 Å². The van der Waals surface area contributed by atoms with Crippen LogP contribution in [0, 0.1) is 11.8 Å². The molecule has 0 aliphatic rings. The van der Waals surface area contributed by atoms with Gasteiger partial charge in [0.05, 0.1) is 12.1 Å². The molecule has 176 valence electrons. The molecule has 0 atom stereocenters. The Morgan fingerprint density at radius 3 is 1.65 bits per heavy atom. The summed E-state index contributed by atoms with van der Waals surface area (Å²) in [5, 5.41) is 9.25. The number of aliphatic carboxylic acids is 1. The number of aryl methyl sites for hydroxylation is 1. The van der Waals surface area contributed by atoms with Crippen LogP contribution in [-0.2, 0) is 30.5 Å². The number of halogens is 3. The highest BCUT2D eigenvalue weighted by molar-refractivity contribution is 5.69. The van der Waals surface area contributed by atoms with Crippen LogP contribution in [0.1, 0.15) is 46.7 Å². The van der Waals surface area contributed by atoms with Gasteiger partial charge in [-0.15, -0.1) is 0 Å². The van der Waals surface area contributed by atoms with Crippen LogP contribution in [0.25, 0.3) is 0 Å². The van der Waals surface area contributed by atoms with E-state index in [2.05, 4.69) is 30.9 Å². The van der Waals surface area contributed by atoms with Gasteiger partial charge < -0.3 is 5.11 Å². The molecule has 0 fully saturated rings. The molecule has 0 saturated heterocycles. The Balaban J connectivity index is 1.65. The molecule has 3 aromatic carbocycles. The van der Waals surface area contributed by atoms with Crippen LogP contribution in [0.3, 0.4) is 0 Å². The Bertz CT molecular complexity index is 1140. The summed E-state index contributed by atoms with van der Waals surface area (Å²) in [7, 11) is 0. The van der Waals surface area contributed by atoms with Gasteiger partial charge in [0, 0.05) is 24.2 Å². The summed E-state index contributed by atoms with van der Waals surface area (Å²) in [5.74, 6) is 5.28. The average molecular weight is 466 g/mol. The Labute approximate surface area is 197 Å². The van der Waals surface area contributed by atoms with Gasteiger partial charge in [0.25, 0.3) is 0 Å². The first-order chi connectivity index (χ1) is 16.2. The standard InChI is InChI=1S/C28H26F3NO2/c1-2-3-21-4-6-22(7-5-21)8-9-23-10-12-24(13-11-23)18-32(20-27(33)34)19-25-14-16-26(17-15-25)28(29,30)31/h4-7,10-17H,2-3,18-20H2,1H3,(H,33,34). The maximum absolute atomic E-state index is 12.8. The number of hydrogen-bond acceptors (Lipinski definition) is 2. The molecule has 1 N–H and O–H groups in total. The molecule has 0 bridgehead atoms. The maximum Gasteiger partial charge on any atom is 0.416 e. The lowest BCUT2D eigenvalue weighted by Gasteiger charge is -2.21. The van der Waals surface area contributed by atoms with Crippen LogP contribution < -0.4 is 0 Å².